The van der Waals surface area contributed by atoms with Gasteiger partial charge in [0.25, 0.3) is 0 Å². The summed E-state index contributed by atoms with van der Waals surface area (Å²) in [4.78, 5) is 5.64. The van der Waals surface area contributed by atoms with E-state index in [-0.39, 0.29) is 29.4 Å². The molecule has 1 heterocycles. The Kier molecular flexibility index (Phi) is 10.7. The van der Waals surface area contributed by atoms with Crippen molar-refractivity contribution in [1.82, 2.24) is 10.6 Å². The summed E-state index contributed by atoms with van der Waals surface area (Å²) in [5.74, 6) is 1.64. The lowest BCUT2D eigenvalue weighted by Crippen LogP contribution is -2.44. The van der Waals surface area contributed by atoms with Gasteiger partial charge in [0.15, 0.2) is 5.96 Å². The molecule has 0 aliphatic rings. The number of ether oxygens (including phenoxy) is 2. The molecule has 150 valence electrons. The van der Waals surface area contributed by atoms with Crippen molar-refractivity contribution in [2.75, 3.05) is 33.9 Å². The Morgan fingerprint density at radius 3 is 2.59 bits per heavy atom. The van der Waals surface area contributed by atoms with Crippen LogP contribution in [0.15, 0.2) is 46.8 Å². The van der Waals surface area contributed by atoms with Gasteiger partial charge >= 0.3 is 0 Å². The third-order valence-electron chi connectivity index (χ3n) is 4.10. The van der Waals surface area contributed by atoms with Gasteiger partial charge in [0.1, 0.15) is 5.75 Å². The van der Waals surface area contributed by atoms with E-state index in [1.54, 1.807) is 25.5 Å². The van der Waals surface area contributed by atoms with Gasteiger partial charge in [-0.05, 0) is 17.5 Å². The van der Waals surface area contributed by atoms with Crippen LogP contribution >= 0.6 is 35.3 Å². The number of halogens is 1. The van der Waals surface area contributed by atoms with Gasteiger partial charge in [0.2, 0.25) is 0 Å². The van der Waals surface area contributed by atoms with Crippen LogP contribution in [0, 0.1) is 0 Å². The number of nitrogens with zero attached hydrogens (tertiary/aromatic N) is 1. The number of aliphatic imine (C=N–C) groups is 1. The second-order valence-electron chi connectivity index (χ2n) is 6.58. The van der Waals surface area contributed by atoms with E-state index in [2.05, 4.69) is 47.0 Å². The molecule has 0 amide bonds. The van der Waals surface area contributed by atoms with Gasteiger partial charge in [-0.15, -0.1) is 35.3 Å². The Hall–Kier alpha value is -1.32. The van der Waals surface area contributed by atoms with Gasteiger partial charge in [0, 0.05) is 36.0 Å². The Morgan fingerprint density at radius 2 is 1.93 bits per heavy atom. The largest absolute Gasteiger partial charge is 0.496 e. The number of hydrogen-bond donors (Lipinski definition) is 2. The molecule has 0 bridgehead atoms. The van der Waals surface area contributed by atoms with Crippen LogP contribution in [0.5, 0.6) is 5.75 Å². The van der Waals surface area contributed by atoms with Crippen molar-refractivity contribution in [2.24, 2.45) is 4.99 Å². The number of nitrogens with one attached hydrogen (secondary N) is 2. The molecule has 0 saturated heterocycles. The SMILES string of the molecule is CN=C(NCCOCc1ccccc1OC)NCC(C)(C)c1cccs1.I. The predicted molar refractivity (Wildman–Crippen MR) is 125 cm³/mol. The smallest absolute Gasteiger partial charge is 0.191 e. The Morgan fingerprint density at radius 1 is 1.15 bits per heavy atom. The van der Waals surface area contributed by atoms with Crippen LogP contribution in [0.4, 0.5) is 0 Å². The second-order valence-corrected chi connectivity index (χ2v) is 7.53. The van der Waals surface area contributed by atoms with Crippen LogP contribution in [0.3, 0.4) is 0 Å². The van der Waals surface area contributed by atoms with Gasteiger partial charge in [0.05, 0.1) is 20.3 Å². The summed E-state index contributed by atoms with van der Waals surface area (Å²) >= 11 is 1.78. The summed E-state index contributed by atoms with van der Waals surface area (Å²) in [6, 6.07) is 12.2. The summed E-state index contributed by atoms with van der Waals surface area (Å²) in [5, 5.41) is 8.80. The molecular weight excluding hydrogens is 473 g/mol. The maximum Gasteiger partial charge on any atom is 0.191 e. The van der Waals surface area contributed by atoms with Crippen molar-refractivity contribution in [3.8, 4) is 5.75 Å². The molecule has 0 radical (unpaired) electrons. The minimum atomic E-state index is 0. The summed E-state index contributed by atoms with van der Waals surface area (Å²) in [6.45, 7) is 7.09. The van der Waals surface area contributed by atoms with Gasteiger partial charge < -0.3 is 20.1 Å². The maximum absolute atomic E-state index is 5.74. The van der Waals surface area contributed by atoms with Crippen LogP contribution in [0.2, 0.25) is 0 Å². The molecule has 2 rings (SSSR count). The quantitative estimate of drug-likeness (QED) is 0.235. The van der Waals surface area contributed by atoms with E-state index >= 15 is 0 Å². The average molecular weight is 503 g/mol. The Bertz CT molecular complexity index is 690. The highest BCUT2D eigenvalue weighted by Crippen LogP contribution is 2.26. The van der Waals surface area contributed by atoms with Crippen molar-refractivity contribution in [3.63, 3.8) is 0 Å². The molecule has 1 aromatic carbocycles. The number of guanidine groups is 1. The minimum Gasteiger partial charge on any atom is -0.496 e. The van der Waals surface area contributed by atoms with Gasteiger partial charge in [-0.2, -0.15) is 0 Å². The minimum absolute atomic E-state index is 0. The summed E-state index contributed by atoms with van der Waals surface area (Å²) in [5.41, 5.74) is 1.11. The molecule has 0 fully saturated rings. The van der Waals surface area contributed by atoms with Crippen LogP contribution in [0.25, 0.3) is 0 Å². The number of hydrogen-bond acceptors (Lipinski definition) is 4. The number of benzene rings is 1. The average Bonchev–Trinajstić information content (AvgIpc) is 3.20. The zero-order valence-electron chi connectivity index (χ0n) is 16.5. The van der Waals surface area contributed by atoms with E-state index in [1.807, 2.05) is 24.3 Å². The topological polar surface area (TPSA) is 54.9 Å². The Labute approximate surface area is 183 Å². The van der Waals surface area contributed by atoms with Crippen LogP contribution in [-0.4, -0.2) is 39.8 Å². The number of rotatable bonds is 9. The monoisotopic (exact) mass is 503 g/mol. The molecule has 7 heteroatoms. The zero-order chi connectivity index (χ0) is 18.8. The summed E-state index contributed by atoms with van der Waals surface area (Å²) < 4.78 is 11.1. The third-order valence-corrected chi connectivity index (χ3v) is 5.33. The first-order valence-electron chi connectivity index (χ1n) is 8.75. The van der Waals surface area contributed by atoms with Gasteiger partial charge in [-0.3, -0.25) is 4.99 Å². The van der Waals surface area contributed by atoms with Crippen molar-refractivity contribution in [2.45, 2.75) is 25.9 Å². The fraction of sp³-hybridized carbons (Fsp3) is 0.450. The zero-order valence-corrected chi connectivity index (χ0v) is 19.6. The molecule has 0 unspecified atom stereocenters. The second kappa shape index (κ2) is 12.2. The van der Waals surface area contributed by atoms with Crippen molar-refractivity contribution in [3.05, 3.63) is 52.2 Å². The van der Waals surface area contributed by atoms with Crippen LogP contribution in [-0.2, 0) is 16.8 Å². The predicted octanol–water partition coefficient (Wildman–Crippen LogP) is 4.03. The highest BCUT2D eigenvalue weighted by atomic mass is 127. The molecule has 0 atom stereocenters. The number of para-hydroxylation sites is 1. The molecule has 0 aliphatic carbocycles. The first-order valence-corrected chi connectivity index (χ1v) is 9.63. The molecule has 0 spiro atoms. The third kappa shape index (κ3) is 7.67. The highest BCUT2D eigenvalue weighted by molar-refractivity contribution is 14.0. The fourth-order valence-electron chi connectivity index (χ4n) is 2.52. The van der Waals surface area contributed by atoms with Crippen LogP contribution < -0.4 is 15.4 Å². The molecule has 0 aliphatic heterocycles. The van der Waals surface area contributed by atoms with Gasteiger partial charge in [-0.1, -0.05) is 38.1 Å². The highest BCUT2D eigenvalue weighted by Gasteiger charge is 2.21. The fourth-order valence-corrected chi connectivity index (χ4v) is 3.37. The molecule has 2 N–H and O–H groups in total. The number of thiophene rings is 1. The van der Waals surface area contributed by atoms with E-state index < -0.39 is 0 Å². The van der Waals surface area contributed by atoms with Gasteiger partial charge in [-0.25, -0.2) is 0 Å². The summed E-state index contributed by atoms with van der Waals surface area (Å²) in [7, 11) is 3.46. The lowest BCUT2D eigenvalue weighted by molar-refractivity contribution is 0.123. The number of methoxy groups -OCH3 is 1. The maximum atomic E-state index is 5.74. The summed E-state index contributed by atoms with van der Waals surface area (Å²) in [6.07, 6.45) is 0. The molecular formula is C20H30IN3O2S. The molecule has 0 saturated carbocycles. The first kappa shape index (κ1) is 23.7. The Balaban J connectivity index is 0.00000364. The van der Waals surface area contributed by atoms with Crippen molar-refractivity contribution >= 4 is 41.3 Å². The van der Waals surface area contributed by atoms with E-state index in [4.69, 9.17) is 9.47 Å². The molecule has 5 nitrogen and oxygen atoms in total. The van der Waals surface area contributed by atoms with E-state index in [9.17, 15) is 0 Å². The lowest BCUT2D eigenvalue weighted by atomic mass is 9.91. The molecule has 27 heavy (non-hydrogen) atoms. The normalized spacial score (nSPS) is 11.6. The molecule has 1 aromatic heterocycles. The molecule has 2 aromatic rings. The first-order chi connectivity index (χ1) is 12.6. The lowest BCUT2D eigenvalue weighted by Gasteiger charge is -2.25. The standard InChI is InChI=1S/C20H29N3O2S.HI/c1-20(2,18-10-7-13-26-18)15-23-19(21-3)22-11-12-25-14-16-8-5-6-9-17(16)24-4;/h5-10,13H,11-12,14-15H2,1-4H3,(H2,21,22,23);1H. The van der Waals surface area contributed by atoms with E-state index in [0.29, 0.717) is 19.8 Å². The van der Waals surface area contributed by atoms with E-state index in [0.717, 1.165) is 23.8 Å². The van der Waals surface area contributed by atoms with E-state index in [1.165, 1.54) is 4.88 Å². The van der Waals surface area contributed by atoms with Crippen molar-refractivity contribution in [1.29, 1.82) is 0 Å². The van der Waals surface area contributed by atoms with Crippen LogP contribution in [0.1, 0.15) is 24.3 Å². The van der Waals surface area contributed by atoms with Crippen molar-refractivity contribution < 1.29 is 9.47 Å².